The third-order valence-electron chi connectivity index (χ3n) is 6.16. The number of hydrogen-bond acceptors (Lipinski definition) is 4. The van der Waals surface area contributed by atoms with E-state index in [1.165, 1.54) is 18.2 Å². The highest BCUT2D eigenvalue weighted by molar-refractivity contribution is 5.96. The van der Waals surface area contributed by atoms with Crippen LogP contribution in [0.4, 0.5) is 4.39 Å². The quantitative estimate of drug-likeness (QED) is 0.540. The molecule has 1 aliphatic rings. The zero-order valence-electron chi connectivity index (χ0n) is 19.4. The minimum Gasteiger partial charge on any atom is -0.507 e. The molecule has 0 spiro atoms. The first kappa shape index (κ1) is 23.8. The first-order chi connectivity index (χ1) is 15.4. The average molecular weight is 441 g/mol. The normalized spacial score (nSPS) is 17.3. The Morgan fingerprint density at radius 1 is 1.12 bits per heavy atom. The van der Waals surface area contributed by atoms with Gasteiger partial charge in [-0.2, -0.15) is 0 Å². The molecule has 3 rings (SSSR count). The molecule has 32 heavy (non-hydrogen) atoms. The van der Waals surface area contributed by atoms with Crippen molar-refractivity contribution >= 4 is 11.5 Å². The molecule has 2 N–H and O–H groups in total. The minimum absolute atomic E-state index is 0.00778. The van der Waals surface area contributed by atoms with Gasteiger partial charge in [-0.3, -0.25) is 4.79 Å². The molecule has 0 saturated carbocycles. The zero-order valence-corrected chi connectivity index (χ0v) is 19.4. The van der Waals surface area contributed by atoms with Crippen molar-refractivity contribution in [2.45, 2.75) is 45.6 Å². The summed E-state index contributed by atoms with van der Waals surface area (Å²) in [6.45, 7) is 7.96. The van der Waals surface area contributed by atoms with Gasteiger partial charge in [0.25, 0.3) is 5.91 Å². The van der Waals surface area contributed by atoms with Crippen LogP contribution in [-0.4, -0.2) is 48.2 Å². The smallest absolute Gasteiger partial charge is 0.253 e. The molecule has 172 valence electrons. The summed E-state index contributed by atoms with van der Waals surface area (Å²) in [5.41, 5.74) is 1.75. The maximum absolute atomic E-state index is 14.1. The molecule has 0 fully saturated rings. The predicted octanol–water partition coefficient (Wildman–Crippen LogP) is 4.99. The lowest BCUT2D eigenvalue weighted by molar-refractivity contribution is 0.0772. The number of carbonyl (C=O) groups is 1. The second-order valence-corrected chi connectivity index (χ2v) is 8.14. The van der Waals surface area contributed by atoms with Crippen molar-refractivity contribution in [2.75, 3.05) is 26.7 Å². The zero-order chi connectivity index (χ0) is 23.3. The van der Waals surface area contributed by atoms with Crippen LogP contribution in [-0.2, 0) is 0 Å². The Hall–Kier alpha value is -2.86. The maximum Gasteiger partial charge on any atom is 0.253 e. The lowest BCUT2D eigenvalue weighted by Gasteiger charge is -2.37. The maximum atomic E-state index is 14.1. The van der Waals surface area contributed by atoms with Crippen molar-refractivity contribution in [2.24, 2.45) is 0 Å². The lowest BCUT2D eigenvalue weighted by atomic mass is 9.84. The Kier molecular flexibility index (Phi) is 7.56. The van der Waals surface area contributed by atoms with Gasteiger partial charge < -0.3 is 20.1 Å². The van der Waals surface area contributed by atoms with Gasteiger partial charge in [0, 0.05) is 29.8 Å². The van der Waals surface area contributed by atoms with E-state index in [0.717, 1.165) is 31.4 Å². The summed E-state index contributed by atoms with van der Waals surface area (Å²) >= 11 is 0. The van der Waals surface area contributed by atoms with Crippen molar-refractivity contribution < 1.29 is 19.0 Å². The molecule has 1 heterocycles. The molecule has 1 atom stereocenters. The number of fused-ring (bicyclic) bond motifs is 1. The number of nitrogens with one attached hydrogen (secondary N) is 1. The molecule has 0 radical (unpaired) electrons. The minimum atomic E-state index is -0.556. The third kappa shape index (κ3) is 4.80. The Morgan fingerprint density at radius 2 is 1.88 bits per heavy atom. The molecule has 2 aromatic rings. The number of nitrogens with zero attached hydrogens (tertiary/aromatic N) is 1. The molecule has 0 bridgehead atoms. The van der Waals surface area contributed by atoms with Gasteiger partial charge in [-0.15, -0.1) is 0 Å². The van der Waals surface area contributed by atoms with Crippen LogP contribution < -0.4 is 10.1 Å². The standard InChI is InChI=1S/C26H33FN2O3/c1-5-26(13-8-14-28-4)17-22(21-16-19(27)10-12-24(21)32-26)20-11-9-18(15-23(20)30)25(31)29(6-2)7-3/h9-12,15-17,28,30H,5-8,13-14H2,1-4H3. The summed E-state index contributed by atoms with van der Waals surface area (Å²) in [7, 11) is 1.92. The average Bonchev–Trinajstić information content (AvgIpc) is 2.80. The fourth-order valence-corrected chi connectivity index (χ4v) is 4.24. The van der Waals surface area contributed by atoms with E-state index in [9.17, 15) is 14.3 Å². The number of ether oxygens (including phenoxy) is 1. The highest BCUT2D eigenvalue weighted by Gasteiger charge is 2.35. The van der Waals surface area contributed by atoms with Crippen LogP contribution in [0.15, 0.2) is 42.5 Å². The number of rotatable bonds is 9. The van der Waals surface area contributed by atoms with Crippen LogP contribution in [0, 0.1) is 5.82 Å². The van der Waals surface area contributed by atoms with Crippen LogP contribution in [0.2, 0.25) is 0 Å². The number of aromatic hydroxyl groups is 1. The largest absolute Gasteiger partial charge is 0.507 e. The summed E-state index contributed by atoms with van der Waals surface area (Å²) in [5, 5.41) is 14.1. The van der Waals surface area contributed by atoms with E-state index in [0.29, 0.717) is 35.5 Å². The summed E-state index contributed by atoms with van der Waals surface area (Å²) in [6.07, 6.45) is 4.43. The molecule has 5 nitrogen and oxygen atoms in total. The fraction of sp³-hybridized carbons (Fsp3) is 0.423. The molecule has 0 saturated heterocycles. The first-order valence-electron chi connectivity index (χ1n) is 11.4. The number of phenolic OH excluding ortho intramolecular Hbond substituents is 1. The molecule has 1 amide bonds. The van der Waals surface area contributed by atoms with E-state index in [2.05, 4.69) is 12.2 Å². The molecule has 0 aliphatic carbocycles. The van der Waals surface area contributed by atoms with Crippen molar-refractivity contribution in [3.8, 4) is 11.5 Å². The van der Waals surface area contributed by atoms with Gasteiger partial charge in [0.1, 0.15) is 22.9 Å². The van der Waals surface area contributed by atoms with Gasteiger partial charge in [0.05, 0.1) is 0 Å². The summed E-state index contributed by atoms with van der Waals surface area (Å²) < 4.78 is 20.5. The molecule has 1 unspecified atom stereocenters. The number of halogens is 1. The third-order valence-corrected chi connectivity index (χ3v) is 6.16. The number of phenols is 1. The van der Waals surface area contributed by atoms with E-state index in [1.54, 1.807) is 23.1 Å². The summed E-state index contributed by atoms with van der Waals surface area (Å²) in [5.74, 6) is 0.0916. The number of hydrogen-bond donors (Lipinski definition) is 2. The second-order valence-electron chi connectivity index (χ2n) is 8.14. The highest BCUT2D eigenvalue weighted by Crippen LogP contribution is 2.44. The van der Waals surface area contributed by atoms with E-state index < -0.39 is 5.60 Å². The van der Waals surface area contributed by atoms with Crippen LogP contribution in [0.3, 0.4) is 0 Å². The number of benzene rings is 2. The van der Waals surface area contributed by atoms with E-state index in [1.807, 2.05) is 27.0 Å². The van der Waals surface area contributed by atoms with Crippen molar-refractivity contribution in [1.82, 2.24) is 10.2 Å². The topological polar surface area (TPSA) is 61.8 Å². The molecular weight excluding hydrogens is 407 g/mol. The van der Waals surface area contributed by atoms with E-state index >= 15 is 0 Å². The Balaban J connectivity index is 2.08. The van der Waals surface area contributed by atoms with Gasteiger partial charge in [0.2, 0.25) is 0 Å². The Morgan fingerprint density at radius 3 is 2.50 bits per heavy atom. The van der Waals surface area contributed by atoms with Gasteiger partial charge in [-0.1, -0.05) is 6.92 Å². The number of carbonyl (C=O) groups excluding carboxylic acids is 1. The molecular formula is C26H33FN2O3. The monoisotopic (exact) mass is 440 g/mol. The Labute approximate surface area is 189 Å². The van der Waals surface area contributed by atoms with Crippen LogP contribution in [0.5, 0.6) is 11.5 Å². The van der Waals surface area contributed by atoms with Gasteiger partial charge in [-0.25, -0.2) is 4.39 Å². The van der Waals surface area contributed by atoms with Crippen molar-refractivity contribution in [3.05, 3.63) is 65.0 Å². The van der Waals surface area contributed by atoms with Gasteiger partial charge in [0.15, 0.2) is 0 Å². The van der Waals surface area contributed by atoms with Crippen LogP contribution in [0.1, 0.15) is 61.5 Å². The first-order valence-corrected chi connectivity index (χ1v) is 11.4. The second kappa shape index (κ2) is 10.2. The Bertz CT molecular complexity index is 1000. The highest BCUT2D eigenvalue weighted by atomic mass is 19.1. The number of amides is 1. The SMILES string of the molecule is CCN(CC)C(=O)c1ccc(C2=CC(CC)(CCCNC)Oc3ccc(F)cc32)c(O)c1. The van der Waals surface area contributed by atoms with Crippen molar-refractivity contribution in [1.29, 1.82) is 0 Å². The van der Waals surface area contributed by atoms with E-state index in [4.69, 9.17) is 4.74 Å². The van der Waals surface area contributed by atoms with E-state index in [-0.39, 0.29) is 17.5 Å². The molecule has 2 aromatic carbocycles. The fourth-order valence-electron chi connectivity index (χ4n) is 4.24. The van der Waals surface area contributed by atoms with Crippen LogP contribution >= 0.6 is 0 Å². The van der Waals surface area contributed by atoms with Gasteiger partial charge in [-0.05, 0) is 94.7 Å². The molecule has 0 aromatic heterocycles. The summed E-state index contributed by atoms with van der Waals surface area (Å²) in [4.78, 5) is 14.4. The lowest BCUT2D eigenvalue weighted by Crippen LogP contribution is -2.36. The predicted molar refractivity (Wildman–Crippen MR) is 126 cm³/mol. The van der Waals surface area contributed by atoms with Crippen LogP contribution in [0.25, 0.3) is 5.57 Å². The summed E-state index contributed by atoms with van der Waals surface area (Å²) in [6, 6.07) is 9.44. The van der Waals surface area contributed by atoms with Gasteiger partial charge >= 0.3 is 0 Å². The molecule has 1 aliphatic heterocycles. The molecule has 6 heteroatoms. The van der Waals surface area contributed by atoms with Crippen molar-refractivity contribution in [3.63, 3.8) is 0 Å².